The minimum Gasteiger partial charge on any atom is -0.491 e. The van der Waals surface area contributed by atoms with Gasteiger partial charge >= 0.3 is 0 Å². The highest BCUT2D eigenvalue weighted by atomic mass is 35.5. The molecule has 130 valence electrons. The lowest BCUT2D eigenvalue weighted by Gasteiger charge is -2.17. The lowest BCUT2D eigenvalue weighted by atomic mass is 9.89. The van der Waals surface area contributed by atoms with Crippen molar-refractivity contribution in [3.63, 3.8) is 0 Å². The molecule has 0 saturated carbocycles. The van der Waals surface area contributed by atoms with Gasteiger partial charge in [0.25, 0.3) is 0 Å². The molecule has 1 heterocycles. The fourth-order valence-electron chi connectivity index (χ4n) is 3.31. The van der Waals surface area contributed by atoms with Gasteiger partial charge in [0.2, 0.25) is 0 Å². The highest BCUT2D eigenvalue weighted by Gasteiger charge is 2.32. The van der Waals surface area contributed by atoms with Gasteiger partial charge in [-0.1, -0.05) is 54.1 Å². The molecule has 0 aromatic heterocycles. The van der Waals surface area contributed by atoms with Gasteiger partial charge in [-0.25, -0.2) is 0 Å². The van der Waals surface area contributed by atoms with Crippen molar-refractivity contribution in [3.8, 4) is 5.75 Å². The summed E-state index contributed by atoms with van der Waals surface area (Å²) in [5.41, 5.74) is 7.37. The number of rotatable bonds is 6. The minimum absolute atomic E-state index is 0. The van der Waals surface area contributed by atoms with E-state index in [2.05, 4.69) is 35.2 Å². The van der Waals surface area contributed by atoms with E-state index < -0.39 is 0 Å². The molecule has 2 atom stereocenters. The number of ether oxygens (including phenoxy) is 1. The quantitative estimate of drug-likeness (QED) is 0.844. The van der Waals surface area contributed by atoms with Gasteiger partial charge in [-0.2, -0.15) is 0 Å². The summed E-state index contributed by atoms with van der Waals surface area (Å²) in [4.78, 5) is 2.44. The van der Waals surface area contributed by atoms with Crippen LogP contribution in [-0.2, 0) is 0 Å². The molecule has 0 aliphatic carbocycles. The first-order valence-electron chi connectivity index (χ1n) is 8.12. The summed E-state index contributed by atoms with van der Waals surface area (Å²) >= 11 is 6.11. The van der Waals surface area contributed by atoms with Crippen LogP contribution in [0, 0.1) is 5.92 Å². The summed E-state index contributed by atoms with van der Waals surface area (Å²) in [6.07, 6.45) is 0. The fraction of sp³-hybridized carbons (Fsp3) is 0.368. The third-order valence-electron chi connectivity index (χ3n) is 4.55. The predicted molar refractivity (Wildman–Crippen MR) is 102 cm³/mol. The van der Waals surface area contributed by atoms with Crippen LogP contribution < -0.4 is 10.5 Å². The van der Waals surface area contributed by atoms with Crippen LogP contribution in [0.1, 0.15) is 11.5 Å². The molecule has 1 aliphatic heterocycles. The molecule has 0 unspecified atom stereocenters. The maximum absolute atomic E-state index is 6.11. The van der Waals surface area contributed by atoms with Crippen LogP contribution in [0.3, 0.4) is 0 Å². The van der Waals surface area contributed by atoms with Gasteiger partial charge in [-0.3, -0.25) is 4.90 Å². The maximum atomic E-state index is 6.11. The zero-order valence-corrected chi connectivity index (χ0v) is 15.2. The lowest BCUT2D eigenvalue weighted by Crippen LogP contribution is -2.27. The molecule has 2 aromatic carbocycles. The maximum Gasteiger partial charge on any atom is 0.137 e. The van der Waals surface area contributed by atoms with Crippen molar-refractivity contribution in [2.75, 3.05) is 32.8 Å². The van der Waals surface area contributed by atoms with Gasteiger partial charge in [-0.05, 0) is 30.2 Å². The molecule has 1 aliphatic rings. The highest BCUT2D eigenvalue weighted by Crippen LogP contribution is 2.32. The molecular formula is C19H24Cl2N2O. The molecule has 0 radical (unpaired) electrons. The predicted octanol–water partition coefficient (Wildman–Crippen LogP) is 3.81. The van der Waals surface area contributed by atoms with E-state index in [4.69, 9.17) is 22.1 Å². The largest absolute Gasteiger partial charge is 0.491 e. The van der Waals surface area contributed by atoms with Crippen molar-refractivity contribution in [1.29, 1.82) is 0 Å². The Kier molecular flexibility index (Phi) is 7.38. The minimum atomic E-state index is 0. The number of hydrogen-bond donors (Lipinski definition) is 1. The van der Waals surface area contributed by atoms with Gasteiger partial charge in [0, 0.05) is 25.6 Å². The summed E-state index contributed by atoms with van der Waals surface area (Å²) in [5.74, 6) is 1.78. The SMILES string of the molecule is Cl.NC[C@@H]1CN(CCOc2ccccc2Cl)C[C@H]1c1ccccc1. The molecule has 0 spiro atoms. The second-order valence-electron chi connectivity index (χ2n) is 6.05. The smallest absolute Gasteiger partial charge is 0.137 e. The number of likely N-dealkylation sites (tertiary alicyclic amines) is 1. The van der Waals surface area contributed by atoms with Crippen LogP contribution in [0.5, 0.6) is 5.75 Å². The van der Waals surface area contributed by atoms with Crippen LogP contribution in [-0.4, -0.2) is 37.7 Å². The number of hydrogen-bond acceptors (Lipinski definition) is 3. The van der Waals surface area contributed by atoms with E-state index in [1.54, 1.807) is 0 Å². The molecule has 0 amide bonds. The van der Waals surface area contributed by atoms with Gasteiger partial charge < -0.3 is 10.5 Å². The van der Waals surface area contributed by atoms with Crippen LogP contribution in [0.4, 0.5) is 0 Å². The summed E-state index contributed by atoms with van der Waals surface area (Å²) in [7, 11) is 0. The van der Waals surface area contributed by atoms with Gasteiger partial charge in [0.05, 0.1) is 5.02 Å². The molecule has 3 nitrogen and oxygen atoms in total. The summed E-state index contributed by atoms with van der Waals surface area (Å²) in [5, 5.41) is 0.663. The lowest BCUT2D eigenvalue weighted by molar-refractivity contribution is 0.232. The monoisotopic (exact) mass is 366 g/mol. The zero-order valence-electron chi connectivity index (χ0n) is 13.6. The Balaban J connectivity index is 0.00000208. The van der Waals surface area contributed by atoms with E-state index in [-0.39, 0.29) is 12.4 Å². The van der Waals surface area contributed by atoms with Crippen LogP contribution >= 0.6 is 24.0 Å². The number of nitrogens with zero attached hydrogens (tertiary/aromatic N) is 1. The first-order chi connectivity index (χ1) is 11.3. The second kappa shape index (κ2) is 9.28. The highest BCUT2D eigenvalue weighted by molar-refractivity contribution is 6.32. The summed E-state index contributed by atoms with van der Waals surface area (Å²) in [6, 6.07) is 18.3. The average molecular weight is 367 g/mol. The first-order valence-corrected chi connectivity index (χ1v) is 8.50. The Bertz CT molecular complexity index is 624. The summed E-state index contributed by atoms with van der Waals surface area (Å²) in [6.45, 7) is 4.33. The Morgan fingerprint density at radius 3 is 2.46 bits per heavy atom. The summed E-state index contributed by atoms with van der Waals surface area (Å²) < 4.78 is 5.80. The van der Waals surface area contributed by atoms with Crippen molar-refractivity contribution in [2.24, 2.45) is 11.7 Å². The van der Waals surface area contributed by atoms with Crippen molar-refractivity contribution < 1.29 is 4.74 Å². The van der Waals surface area contributed by atoms with E-state index in [0.29, 0.717) is 23.5 Å². The van der Waals surface area contributed by atoms with Crippen LogP contribution in [0.25, 0.3) is 0 Å². The Labute approximate surface area is 155 Å². The topological polar surface area (TPSA) is 38.5 Å². The van der Waals surface area contributed by atoms with Crippen LogP contribution in [0.15, 0.2) is 54.6 Å². The van der Waals surface area contributed by atoms with Crippen molar-refractivity contribution in [2.45, 2.75) is 5.92 Å². The average Bonchev–Trinajstić information content (AvgIpc) is 3.01. The standard InChI is InChI=1S/C19H23ClN2O.ClH/c20-18-8-4-5-9-19(18)23-11-10-22-13-16(12-21)17(14-22)15-6-2-1-3-7-15;/h1-9,16-17H,10-14,21H2;1H/t16-,17+;/m1./s1. The second-order valence-corrected chi connectivity index (χ2v) is 6.46. The zero-order chi connectivity index (χ0) is 16.1. The molecule has 3 rings (SSSR count). The van der Waals surface area contributed by atoms with Crippen molar-refractivity contribution in [1.82, 2.24) is 4.90 Å². The number of para-hydroxylation sites is 1. The van der Waals surface area contributed by atoms with E-state index in [9.17, 15) is 0 Å². The van der Waals surface area contributed by atoms with E-state index in [0.717, 1.165) is 31.9 Å². The van der Waals surface area contributed by atoms with E-state index >= 15 is 0 Å². The van der Waals surface area contributed by atoms with E-state index in [1.165, 1.54) is 5.56 Å². The third-order valence-corrected chi connectivity index (χ3v) is 4.86. The van der Waals surface area contributed by atoms with Crippen molar-refractivity contribution >= 4 is 24.0 Å². The third kappa shape index (κ3) is 4.64. The Morgan fingerprint density at radius 1 is 1.04 bits per heavy atom. The van der Waals surface area contributed by atoms with Gasteiger partial charge in [-0.15, -0.1) is 12.4 Å². The van der Waals surface area contributed by atoms with Gasteiger partial charge in [0.15, 0.2) is 0 Å². The van der Waals surface area contributed by atoms with Gasteiger partial charge in [0.1, 0.15) is 12.4 Å². The molecule has 2 N–H and O–H groups in total. The molecule has 5 heteroatoms. The van der Waals surface area contributed by atoms with Crippen LogP contribution in [0.2, 0.25) is 5.02 Å². The van der Waals surface area contributed by atoms with E-state index in [1.807, 2.05) is 24.3 Å². The number of benzene rings is 2. The van der Waals surface area contributed by atoms with Crippen molar-refractivity contribution in [3.05, 3.63) is 65.2 Å². The Morgan fingerprint density at radius 2 is 1.75 bits per heavy atom. The molecule has 24 heavy (non-hydrogen) atoms. The molecule has 0 bridgehead atoms. The number of nitrogens with two attached hydrogens (primary N) is 1. The number of halogens is 2. The fourth-order valence-corrected chi connectivity index (χ4v) is 3.50. The molecule has 1 saturated heterocycles. The first kappa shape index (κ1) is 19.1. The normalized spacial score (nSPS) is 20.6. The molecule has 1 fully saturated rings. The Hall–Kier alpha value is -1.26. The molecular weight excluding hydrogens is 343 g/mol. The molecule has 2 aromatic rings.